The van der Waals surface area contributed by atoms with Gasteiger partial charge in [-0.2, -0.15) is 4.57 Å². The Kier molecular flexibility index (Phi) is 4.37. The Balaban J connectivity index is 2.13. The third-order valence-electron chi connectivity index (χ3n) is 4.63. The zero-order valence-corrected chi connectivity index (χ0v) is 14.5. The molecule has 25 heavy (non-hydrogen) atoms. The normalized spacial score (nSPS) is 11.3. The summed E-state index contributed by atoms with van der Waals surface area (Å²) in [6, 6.07) is 24.7. The second kappa shape index (κ2) is 6.81. The van der Waals surface area contributed by atoms with E-state index in [9.17, 15) is 4.39 Å². The van der Waals surface area contributed by atoms with Crippen molar-refractivity contribution in [3.63, 3.8) is 0 Å². The van der Waals surface area contributed by atoms with Crippen molar-refractivity contribution in [3.8, 4) is 11.3 Å². The molecule has 1 nitrogen and oxygen atoms in total. The first-order chi connectivity index (χ1) is 12.3. The Morgan fingerprint density at radius 2 is 1.40 bits per heavy atom. The zero-order valence-electron chi connectivity index (χ0n) is 13.8. The Labute approximate surface area is 151 Å². The van der Waals surface area contributed by atoms with E-state index in [1.165, 1.54) is 5.39 Å². The summed E-state index contributed by atoms with van der Waals surface area (Å²) >= 11 is 5.92. The molecule has 0 atom stereocenters. The summed E-state index contributed by atoms with van der Waals surface area (Å²) in [5, 5.41) is 3.46. The zero-order chi connectivity index (χ0) is 17.2. The van der Waals surface area contributed by atoms with Crippen LogP contribution in [-0.4, -0.2) is 6.67 Å². The average Bonchev–Trinajstić information content (AvgIpc) is 2.68. The number of para-hydroxylation sites is 1. The van der Waals surface area contributed by atoms with Gasteiger partial charge in [0.15, 0.2) is 6.54 Å². The van der Waals surface area contributed by atoms with Crippen LogP contribution in [0.5, 0.6) is 0 Å². The molecule has 0 radical (unpaired) electrons. The van der Waals surface area contributed by atoms with E-state index in [2.05, 4.69) is 47.0 Å². The van der Waals surface area contributed by atoms with Crippen molar-refractivity contribution < 1.29 is 8.96 Å². The van der Waals surface area contributed by atoms with Crippen LogP contribution in [-0.2, 0) is 12.4 Å². The number of pyridine rings is 1. The van der Waals surface area contributed by atoms with Gasteiger partial charge in [-0.3, -0.25) is 0 Å². The predicted molar refractivity (Wildman–Crippen MR) is 103 cm³/mol. The van der Waals surface area contributed by atoms with Crippen molar-refractivity contribution >= 4 is 33.3 Å². The lowest BCUT2D eigenvalue weighted by molar-refractivity contribution is -0.659. The van der Waals surface area contributed by atoms with Crippen LogP contribution in [0.3, 0.4) is 0 Å². The minimum absolute atomic E-state index is 0.331. The maximum atomic E-state index is 13.4. The van der Waals surface area contributed by atoms with Gasteiger partial charge in [0.1, 0.15) is 6.67 Å². The van der Waals surface area contributed by atoms with Crippen LogP contribution in [0, 0.1) is 0 Å². The van der Waals surface area contributed by atoms with Gasteiger partial charge in [0.25, 0.3) is 0 Å². The lowest BCUT2D eigenvalue weighted by Crippen LogP contribution is -2.38. The van der Waals surface area contributed by atoms with Crippen molar-refractivity contribution in [2.45, 2.75) is 12.4 Å². The molecule has 0 aliphatic carbocycles. The van der Waals surface area contributed by atoms with Gasteiger partial charge in [0.05, 0.1) is 10.8 Å². The van der Waals surface area contributed by atoms with E-state index < -0.39 is 6.67 Å². The summed E-state index contributed by atoms with van der Waals surface area (Å²) in [7, 11) is 0. The minimum Gasteiger partial charge on any atom is -0.244 e. The molecule has 0 aliphatic heterocycles. The molecule has 3 heteroatoms. The van der Waals surface area contributed by atoms with Crippen molar-refractivity contribution in [1.29, 1.82) is 0 Å². The molecule has 0 spiro atoms. The molecule has 0 saturated carbocycles. The SMILES string of the molecule is FCC[n+]1c(-c2ccc(CCl)cc2)c2ccccc2c2ccccc21. The molecule has 0 amide bonds. The third kappa shape index (κ3) is 2.77. The molecule has 0 fully saturated rings. The van der Waals surface area contributed by atoms with Gasteiger partial charge < -0.3 is 0 Å². The van der Waals surface area contributed by atoms with Gasteiger partial charge in [-0.1, -0.05) is 42.5 Å². The highest BCUT2D eigenvalue weighted by molar-refractivity contribution is 6.17. The summed E-state index contributed by atoms with van der Waals surface area (Å²) in [5.41, 5.74) is 4.25. The highest BCUT2D eigenvalue weighted by Gasteiger charge is 2.22. The summed E-state index contributed by atoms with van der Waals surface area (Å²) in [6.07, 6.45) is 0. The molecule has 0 unspecified atom stereocenters. The number of alkyl halides is 2. The van der Waals surface area contributed by atoms with Gasteiger partial charge >= 0.3 is 0 Å². The van der Waals surface area contributed by atoms with Gasteiger partial charge in [-0.15, -0.1) is 11.6 Å². The van der Waals surface area contributed by atoms with Crippen LogP contribution in [0.4, 0.5) is 4.39 Å². The second-order valence-corrected chi connectivity index (χ2v) is 6.35. The fraction of sp³-hybridized carbons (Fsp3) is 0.136. The van der Waals surface area contributed by atoms with E-state index in [0.717, 1.165) is 33.1 Å². The second-order valence-electron chi connectivity index (χ2n) is 6.08. The standard InChI is InChI=1S/C22H18ClFN/c23-15-16-9-11-17(12-10-16)22-20-7-2-1-5-18(20)19-6-3-4-8-21(19)25(22)14-13-24/h1-12H,13-15H2/q+1. The fourth-order valence-corrected chi connectivity index (χ4v) is 3.69. The number of benzene rings is 3. The summed E-state index contributed by atoms with van der Waals surface area (Å²) in [4.78, 5) is 0. The van der Waals surface area contributed by atoms with Crippen molar-refractivity contribution in [2.24, 2.45) is 0 Å². The Morgan fingerprint density at radius 3 is 2.08 bits per heavy atom. The number of aryl methyl sites for hydroxylation is 1. The number of halogens is 2. The summed E-state index contributed by atoms with van der Waals surface area (Å²) in [6.45, 7) is -0.0717. The Morgan fingerprint density at radius 1 is 0.760 bits per heavy atom. The van der Waals surface area contributed by atoms with Crippen LogP contribution in [0.2, 0.25) is 0 Å². The lowest BCUT2D eigenvalue weighted by atomic mass is 9.98. The Hall–Kier alpha value is -2.45. The number of fused-ring (bicyclic) bond motifs is 3. The van der Waals surface area contributed by atoms with Crippen LogP contribution in [0.1, 0.15) is 5.56 Å². The molecular formula is C22H18ClFN+. The number of aromatic nitrogens is 1. The van der Waals surface area contributed by atoms with Crippen LogP contribution in [0.15, 0.2) is 72.8 Å². The smallest absolute Gasteiger partial charge is 0.221 e. The van der Waals surface area contributed by atoms with Crippen molar-refractivity contribution in [1.82, 2.24) is 0 Å². The maximum absolute atomic E-state index is 13.4. The monoisotopic (exact) mass is 350 g/mol. The van der Waals surface area contributed by atoms with E-state index in [0.29, 0.717) is 12.4 Å². The van der Waals surface area contributed by atoms with Crippen molar-refractivity contribution in [2.75, 3.05) is 6.67 Å². The van der Waals surface area contributed by atoms with E-state index in [1.807, 2.05) is 30.3 Å². The van der Waals surface area contributed by atoms with Crippen LogP contribution >= 0.6 is 11.6 Å². The van der Waals surface area contributed by atoms with Gasteiger partial charge in [-0.25, -0.2) is 4.39 Å². The molecule has 1 aromatic heterocycles. The third-order valence-corrected chi connectivity index (χ3v) is 4.94. The molecule has 4 aromatic rings. The topological polar surface area (TPSA) is 3.88 Å². The maximum Gasteiger partial charge on any atom is 0.221 e. The summed E-state index contributed by atoms with van der Waals surface area (Å²) in [5.74, 6) is 0.489. The van der Waals surface area contributed by atoms with E-state index in [4.69, 9.17) is 11.6 Å². The molecule has 0 aliphatic rings. The first kappa shape index (κ1) is 16.0. The van der Waals surface area contributed by atoms with Gasteiger partial charge in [-0.05, 0) is 29.8 Å². The van der Waals surface area contributed by atoms with E-state index in [-0.39, 0.29) is 0 Å². The lowest BCUT2D eigenvalue weighted by Gasteiger charge is -2.11. The molecule has 124 valence electrons. The molecule has 0 bridgehead atoms. The summed E-state index contributed by atoms with van der Waals surface area (Å²) < 4.78 is 15.5. The van der Waals surface area contributed by atoms with Gasteiger partial charge in [0.2, 0.25) is 11.2 Å². The molecule has 0 N–H and O–H groups in total. The predicted octanol–water partition coefficient (Wildman–Crippen LogP) is 5.66. The van der Waals surface area contributed by atoms with Crippen LogP contribution < -0.4 is 4.57 Å². The first-order valence-electron chi connectivity index (χ1n) is 8.38. The highest BCUT2D eigenvalue weighted by Crippen LogP contribution is 2.31. The average molecular weight is 351 g/mol. The molecule has 1 heterocycles. The molecule has 4 rings (SSSR count). The number of rotatable bonds is 4. The molecule has 3 aromatic carbocycles. The van der Waals surface area contributed by atoms with E-state index >= 15 is 0 Å². The van der Waals surface area contributed by atoms with Crippen LogP contribution in [0.25, 0.3) is 32.9 Å². The van der Waals surface area contributed by atoms with Gasteiger partial charge in [0, 0.05) is 22.9 Å². The fourth-order valence-electron chi connectivity index (χ4n) is 3.51. The molecule has 0 saturated heterocycles. The number of nitrogens with zero attached hydrogens (tertiary/aromatic N) is 1. The molecular weight excluding hydrogens is 333 g/mol. The highest BCUT2D eigenvalue weighted by atomic mass is 35.5. The number of hydrogen-bond donors (Lipinski definition) is 0. The first-order valence-corrected chi connectivity index (χ1v) is 8.91. The Bertz CT molecular complexity index is 1040. The quantitative estimate of drug-likeness (QED) is 0.254. The number of hydrogen-bond acceptors (Lipinski definition) is 0. The minimum atomic E-state index is -0.403. The van der Waals surface area contributed by atoms with E-state index in [1.54, 1.807) is 0 Å². The largest absolute Gasteiger partial charge is 0.244 e. The van der Waals surface area contributed by atoms with Crippen molar-refractivity contribution in [3.05, 3.63) is 78.4 Å².